The zero-order valence-corrected chi connectivity index (χ0v) is 15.5. The molecule has 130 valence electrons. The lowest BCUT2D eigenvalue weighted by atomic mass is 10.2. The van der Waals surface area contributed by atoms with Crippen LogP contribution in [-0.2, 0) is 4.79 Å². The second-order valence-corrected chi connectivity index (χ2v) is 6.53. The largest absolute Gasteiger partial charge is 0.334 e. The van der Waals surface area contributed by atoms with Gasteiger partial charge in [-0.25, -0.2) is 15.0 Å². The second kappa shape index (κ2) is 8.37. The Labute approximate surface area is 156 Å². The Morgan fingerprint density at radius 2 is 1.92 bits per heavy atom. The molecule has 0 saturated carbocycles. The van der Waals surface area contributed by atoms with E-state index < -0.39 is 0 Å². The average molecular weight is 362 g/mol. The third-order valence-corrected chi connectivity index (χ3v) is 4.57. The lowest BCUT2D eigenvalue weighted by Crippen LogP contribution is -2.28. The summed E-state index contributed by atoms with van der Waals surface area (Å²) < 4.78 is 0. The molecule has 0 spiro atoms. The van der Waals surface area contributed by atoms with Crippen LogP contribution in [0.2, 0.25) is 0 Å². The summed E-state index contributed by atoms with van der Waals surface area (Å²) >= 11 is 1.63. The van der Waals surface area contributed by atoms with Crippen molar-refractivity contribution in [3.05, 3.63) is 53.8 Å². The minimum Gasteiger partial charge on any atom is -0.334 e. The Bertz CT molecular complexity index is 956. The highest BCUT2D eigenvalue weighted by molar-refractivity contribution is 7.13. The maximum Gasteiger partial charge on any atom is 0.298 e. The van der Waals surface area contributed by atoms with Gasteiger partial charge in [-0.05, 0) is 18.9 Å². The quantitative estimate of drug-likeness (QED) is 0.656. The van der Waals surface area contributed by atoms with Crippen LogP contribution >= 0.6 is 11.3 Å². The summed E-state index contributed by atoms with van der Waals surface area (Å²) in [6.45, 7) is 2.67. The summed E-state index contributed by atoms with van der Waals surface area (Å²) in [6.07, 6.45) is 2.58. The van der Waals surface area contributed by atoms with Gasteiger partial charge in [0, 0.05) is 37.2 Å². The van der Waals surface area contributed by atoms with Gasteiger partial charge in [0.2, 0.25) is 0 Å². The zero-order valence-electron chi connectivity index (χ0n) is 14.6. The Morgan fingerprint density at radius 1 is 1.12 bits per heavy atom. The molecule has 3 aromatic rings. The number of amides is 1. The number of rotatable bonds is 2. The van der Waals surface area contributed by atoms with Crippen molar-refractivity contribution >= 4 is 17.2 Å². The van der Waals surface area contributed by atoms with E-state index in [-0.39, 0.29) is 5.91 Å². The molecule has 2 aromatic heterocycles. The number of hydrogen-bond donors (Lipinski definition) is 0. The van der Waals surface area contributed by atoms with Crippen LogP contribution in [0.1, 0.15) is 12.2 Å². The zero-order chi connectivity index (χ0) is 18.4. The van der Waals surface area contributed by atoms with E-state index in [4.69, 9.17) is 0 Å². The molecule has 0 fully saturated rings. The van der Waals surface area contributed by atoms with Crippen LogP contribution in [0.4, 0.5) is 0 Å². The summed E-state index contributed by atoms with van der Waals surface area (Å²) in [6, 6.07) is 12.1. The number of hydrogen-bond acceptors (Lipinski definition) is 5. The first-order valence-corrected chi connectivity index (χ1v) is 9.06. The van der Waals surface area contributed by atoms with E-state index in [2.05, 4.69) is 38.9 Å². The maximum atomic E-state index is 10.5. The summed E-state index contributed by atoms with van der Waals surface area (Å²) in [7, 11) is 1.76. The molecule has 1 amide bonds. The van der Waals surface area contributed by atoms with Crippen LogP contribution in [0.15, 0.2) is 48.0 Å². The molecule has 5 nitrogen and oxygen atoms in total. The Kier molecular flexibility index (Phi) is 5.72. The fraction of sp³-hybridized carbons (Fsp3) is 0.200. The van der Waals surface area contributed by atoms with E-state index in [1.807, 2.05) is 36.6 Å². The minimum atomic E-state index is -0.0590. The third-order valence-electron chi connectivity index (χ3n) is 3.68. The Balaban J connectivity index is 0.000000206. The first-order valence-electron chi connectivity index (χ1n) is 8.18. The van der Waals surface area contributed by atoms with Crippen LogP contribution in [-0.4, -0.2) is 39.4 Å². The SMILES string of the molecule is CN1CCC#CC1=O.Cc1nccc(-c2csc(-c3ccccc3)n2)n1. The van der Waals surface area contributed by atoms with Gasteiger partial charge in [-0.1, -0.05) is 36.3 Å². The number of carbonyl (C=O) groups is 1. The molecule has 1 aromatic carbocycles. The molecule has 3 heterocycles. The number of carbonyl (C=O) groups excluding carboxylic acids is 1. The molecule has 26 heavy (non-hydrogen) atoms. The highest BCUT2D eigenvalue weighted by Gasteiger charge is 2.07. The molecule has 0 atom stereocenters. The molecule has 1 aliphatic heterocycles. The van der Waals surface area contributed by atoms with Gasteiger partial charge in [0.15, 0.2) is 0 Å². The molecular formula is C20H18N4OS. The van der Waals surface area contributed by atoms with E-state index in [0.717, 1.165) is 40.7 Å². The topological polar surface area (TPSA) is 59.0 Å². The van der Waals surface area contributed by atoms with E-state index in [1.165, 1.54) is 0 Å². The van der Waals surface area contributed by atoms with Gasteiger partial charge in [0.25, 0.3) is 5.91 Å². The van der Waals surface area contributed by atoms with Crippen molar-refractivity contribution in [2.75, 3.05) is 13.6 Å². The van der Waals surface area contributed by atoms with Crippen molar-refractivity contribution in [1.82, 2.24) is 19.9 Å². The van der Waals surface area contributed by atoms with E-state index in [0.29, 0.717) is 0 Å². The second-order valence-electron chi connectivity index (χ2n) is 5.67. The van der Waals surface area contributed by atoms with Gasteiger partial charge in [-0.2, -0.15) is 0 Å². The van der Waals surface area contributed by atoms with E-state index >= 15 is 0 Å². The fourth-order valence-electron chi connectivity index (χ4n) is 2.26. The molecule has 0 aliphatic carbocycles. The molecule has 0 radical (unpaired) electrons. The van der Waals surface area contributed by atoms with Crippen LogP contribution in [0.3, 0.4) is 0 Å². The van der Waals surface area contributed by atoms with Crippen LogP contribution in [0.25, 0.3) is 22.0 Å². The van der Waals surface area contributed by atoms with Gasteiger partial charge in [-0.3, -0.25) is 4.79 Å². The lowest BCUT2D eigenvalue weighted by molar-refractivity contribution is -0.124. The van der Waals surface area contributed by atoms with Gasteiger partial charge < -0.3 is 4.90 Å². The van der Waals surface area contributed by atoms with Gasteiger partial charge in [-0.15, -0.1) is 11.3 Å². The first-order chi connectivity index (χ1) is 12.6. The maximum absolute atomic E-state index is 10.5. The van der Waals surface area contributed by atoms with Crippen LogP contribution < -0.4 is 0 Å². The van der Waals surface area contributed by atoms with Crippen molar-refractivity contribution in [3.8, 4) is 33.8 Å². The third kappa shape index (κ3) is 4.52. The number of aryl methyl sites for hydroxylation is 1. The van der Waals surface area contributed by atoms with Crippen LogP contribution in [0.5, 0.6) is 0 Å². The first kappa shape index (κ1) is 17.8. The van der Waals surface area contributed by atoms with Crippen molar-refractivity contribution in [2.45, 2.75) is 13.3 Å². The monoisotopic (exact) mass is 362 g/mol. The fourth-order valence-corrected chi connectivity index (χ4v) is 3.08. The molecular weight excluding hydrogens is 344 g/mol. The lowest BCUT2D eigenvalue weighted by Gasteiger charge is -2.13. The molecule has 1 aliphatic rings. The predicted molar refractivity (Wildman–Crippen MR) is 103 cm³/mol. The summed E-state index contributed by atoms with van der Waals surface area (Å²) in [5, 5.41) is 3.05. The standard InChI is InChI=1S/C14H11N3S.C6H7NO/c1-10-15-8-7-12(16-10)13-9-18-14(17-13)11-5-3-2-4-6-11;1-7-5-3-2-4-6(7)8/h2-9H,1H3;3,5H2,1H3. The summed E-state index contributed by atoms with van der Waals surface area (Å²) in [5.41, 5.74) is 2.92. The minimum absolute atomic E-state index is 0.0590. The number of benzene rings is 1. The van der Waals surface area contributed by atoms with Crippen molar-refractivity contribution in [1.29, 1.82) is 0 Å². The highest BCUT2D eigenvalue weighted by atomic mass is 32.1. The average Bonchev–Trinajstić information content (AvgIpc) is 3.16. The van der Waals surface area contributed by atoms with Crippen molar-refractivity contribution in [3.63, 3.8) is 0 Å². The molecule has 0 saturated heterocycles. The summed E-state index contributed by atoms with van der Waals surface area (Å²) in [4.78, 5) is 25.3. The number of aromatic nitrogens is 3. The summed E-state index contributed by atoms with van der Waals surface area (Å²) in [5.74, 6) is 5.90. The van der Waals surface area contributed by atoms with Gasteiger partial charge in [0.1, 0.15) is 16.5 Å². The van der Waals surface area contributed by atoms with Crippen LogP contribution in [0, 0.1) is 18.8 Å². The molecule has 0 N–H and O–H groups in total. The number of thiazole rings is 1. The van der Waals surface area contributed by atoms with Gasteiger partial charge in [0.05, 0.1) is 5.69 Å². The molecule has 0 unspecified atom stereocenters. The number of nitrogens with zero attached hydrogens (tertiary/aromatic N) is 4. The predicted octanol–water partition coefficient (Wildman–Crippen LogP) is 3.43. The Hall–Kier alpha value is -3.04. The highest BCUT2D eigenvalue weighted by Crippen LogP contribution is 2.27. The molecule has 4 rings (SSSR count). The van der Waals surface area contributed by atoms with Crippen molar-refractivity contribution < 1.29 is 4.79 Å². The van der Waals surface area contributed by atoms with Crippen molar-refractivity contribution in [2.24, 2.45) is 0 Å². The van der Waals surface area contributed by atoms with E-state index in [9.17, 15) is 4.79 Å². The Morgan fingerprint density at radius 3 is 2.58 bits per heavy atom. The van der Waals surface area contributed by atoms with Gasteiger partial charge >= 0.3 is 0 Å². The smallest absolute Gasteiger partial charge is 0.298 e. The van der Waals surface area contributed by atoms with E-state index in [1.54, 1.807) is 29.5 Å². The molecule has 0 bridgehead atoms. The normalized spacial score (nSPS) is 12.7. The molecule has 6 heteroatoms.